The second-order valence-corrected chi connectivity index (χ2v) is 36.9. The lowest BCUT2D eigenvalue weighted by Crippen LogP contribution is -2.78. The van der Waals surface area contributed by atoms with Gasteiger partial charge in [0.05, 0.1) is 12.7 Å². The number of aliphatic carboxylic acids is 1. The van der Waals surface area contributed by atoms with Crippen LogP contribution in [0.3, 0.4) is 0 Å². The van der Waals surface area contributed by atoms with Gasteiger partial charge in [0.2, 0.25) is 0 Å². The van der Waals surface area contributed by atoms with E-state index in [1.165, 1.54) is 0 Å². The van der Waals surface area contributed by atoms with Crippen molar-refractivity contribution in [3.8, 4) is 0 Å². The predicted octanol–water partition coefficient (Wildman–Crippen LogP) is 2.18. The molecule has 0 aromatic heterocycles. The molecule has 1 heterocycles. The van der Waals surface area contributed by atoms with Crippen molar-refractivity contribution in [3.63, 3.8) is 0 Å². The fourth-order valence-electron chi connectivity index (χ4n) is 3.60. The average molecular weight is 335 g/mol. The Balaban J connectivity index is 3.05. The smallest absolute Gasteiger partial charge is 0.302 e. The van der Waals surface area contributed by atoms with Crippen LogP contribution in [0.1, 0.15) is 13.3 Å². The fraction of sp³-hybridized carbons (Fsp3) is 0.917. The van der Waals surface area contributed by atoms with Crippen LogP contribution in [0, 0.1) is 0 Å². The van der Waals surface area contributed by atoms with Crippen molar-refractivity contribution in [2.45, 2.75) is 69.8 Å². The quantitative estimate of drug-likeness (QED) is 0.805. The number of hydrogen-bond donors (Lipinski definition) is 1. The largest absolute Gasteiger partial charge is 0.481 e. The van der Waals surface area contributed by atoms with Gasteiger partial charge in [-0.3, -0.25) is 4.79 Å². The molecule has 0 aromatic carbocycles. The van der Waals surface area contributed by atoms with Gasteiger partial charge >= 0.3 is 5.97 Å². The Morgan fingerprint density at radius 2 is 1.79 bits per heavy atom. The maximum absolute atomic E-state index is 11.2. The molecule has 0 aromatic rings. The van der Waals surface area contributed by atoms with Gasteiger partial charge in [0.1, 0.15) is 0 Å². The second kappa shape index (κ2) is 4.94. The Hall–Kier alpha value is 0.298. The Kier molecular flexibility index (Phi) is 4.51. The Bertz CT molecular complexity index is 359. The van der Waals surface area contributed by atoms with E-state index in [9.17, 15) is 9.90 Å². The molecular formula is C12H30O3Si4. The van der Waals surface area contributed by atoms with Crippen molar-refractivity contribution < 1.29 is 14.3 Å². The molecule has 0 saturated carbocycles. The molecule has 7 heteroatoms. The first-order chi connectivity index (χ1) is 8.24. The fourth-order valence-corrected chi connectivity index (χ4v) is 35.2. The van der Waals surface area contributed by atoms with Crippen LogP contribution in [-0.4, -0.2) is 49.5 Å². The van der Waals surface area contributed by atoms with Crippen molar-refractivity contribution in [2.24, 2.45) is 0 Å². The van der Waals surface area contributed by atoms with Gasteiger partial charge in [-0.2, -0.15) is 0 Å². The minimum absolute atomic E-state index is 0.178. The van der Waals surface area contributed by atoms with Gasteiger partial charge in [-0.05, 0) is 32.5 Å². The van der Waals surface area contributed by atoms with Crippen molar-refractivity contribution >= 4 is 38.7 Å². The highest BCUT2D eigenvalue weighted by molar-refractivity contribution is 7.67. The SMILES string of the molecule is CC1(CC([SiH3])C(=O)O)C[Si](C)(C)[Si](C)(C)[Si](C)(C)O1. The highest BCUT2D eigenvalue weighted by atomic mass is 29.6. The van der Waals surface area contributed by atoms with Gasteiger partial charge in [-0.25, -0.2) is 0 Å². The zero-order valence-electron chi connectivity index (χ0n) is 13.8. The highest BCUT2D eigenvalue weighted by Gasteiger charge is 2.61. The summed E-state index contributed by atoms with van der Waals surface area (Å²) in [6.07, 6.45) is 0.714. The molecule has 1 aliphatic rings. The lowest BCUT2D eigenvalue weighted by molar-refractivity contribution is -0.137. The minimum atomic E-state index is -1.67. The topological polar surface area (TPSA) is 46.5 Å². The van der Waals surface area contributed by atoms with E-state index in [1.54, 1.807) is 0 Å². The van der Waals surface area contributed by atoms with Crippen LogP contribution in [-0.2, 0) is 9.22 Å². The van der Waals surface area contributed by atoms with Crippen molar-refractivity contribution in [3.05, 3.63) is 0 Å². The van der Waals surface area contributed by atoms with E-state index in [-0.39, 0.29) is 11.1 Å². The second-order valence-electron chi connectivity index (χ2n) is 8.19. The number of rotatable bonds is 3. The summed E-state index contributed by atoms with van der Waals surface area (Å²) in [5.74, 6) is -0.641. The molecule has 0 radical (unpaired) electrons. The molecule has 0 spiro atoms. The van der Waals surface area contributed by atoms with Crippen LogP contribution in [0.25, 0.3) is 0 Å². The van der Waals surface area contributed by atoms with Crippen molar-refractivity contribution in [1.29, 1.82) is 0 Å². The summed E-state index contributed by atoms with van der Waals surface area (Å²) in [6, 6.07) is 1.14. The van der Waals surface area contributed by atoms with Gasteiger partial charge in [0.25, 0.3) is 0 Å². The summed E-state index contributed by atoms with van der Waals surface area (Å²) >= 11 is 0. The Morgan fingerprint density at radius 3 is 2.16 bits per heavy atom. The molecule has 1 aliphatic heterocycles. The molecule has 2 unspecified atom stereocenters. The van der Waals surface area contributed by atoms with Gasteiger partial charge in [-0.15, -0.1) is 0 Å². The lowest BCUT2D eigenvalue weighted by atomic mass is 10.0. The van der Waals surface area contributed by atoms with E-state index in [2.05, 4.69) is 46.2 Å². The monoisotopic (exact) mass is 334 g/mol. The third-order valence-electron chi connectivity index (χ3n) is 5.67. The van der Waals surface area contributed by atoms with Gasteiger partial charge in [0.15, 0.2) is 7.83 Å². The summed E-state index contributed by atoms with van der Waals surface area (Å²) in [5, 5.41) is 9.20. The van der Waals surface area contributed by atoms with Crippen LogP contribution < -0.4 is 0 Å². The normalized spacial score (nSPS) is 33.8. The Morgan fingerprint density at radius 1 is 1.32 bits per heavy atom. The van der Waals surface area contributed by atoms with E-state index in [1.807, 2.05) is 0 Å². The first-order valence-electron chi connectivity index (χ1n) is 7.17. The highest BCUT2D eigenvalue weighted by Crippen LogP contribution is 2.46. The molecule has 2 atom stereocenters. The third kappa shape index (κ3) is 3.15. The standard InChI is InChI=1S/C12H30O3Si4/c1-12(8-10(16)11(13)14)9-17(2,3)19(6,7)18(4,5)15-12/h10H,8-9H2,1-7,16H3,(H,13,14). The summed E-state index contributed by atoms with van der Waals surface area (Å²) in [5.41, 5.74) is -0.360. The van der Waals surface area contributed by atoms with Gasteiger partial charge < -0.3 is 9.53 Å². The van der Waals surface area contributed by atoms with E-state index < -0.39 is 28.5 Å². The molecule has 1 N–H and O–H groups in total. The van der Waals surface area contributed by atoms with Crippen molar-refractivity contribution in [1.82, 2.24) is 0 Å². The maximum atomic E-state index is 11.2. The van der Waals surface area contributed by atoms with Crippen LogP contribution in [0.4, 0.5) is 0 Å². The third-order valence-corrected chi connectivity index (χ3v) is 47.1. The van der Waals surface area contributed by atoms with E-state index in [4.69, 9.17) is 4.43 Å². The zero-order valence-corrected chi connectivity index (χ0v) is 18.8. The molecule has 19 heavy (non-hydrogen) atoms. The summed E-state index contributed by atoms with van der Waals surface area (Å²) in [6.45, 7) is 17.0. The molecule has 0 bridgehead atoms. The first-order valence-corrected chi connectivity index (χ1v) is 19.4. The minimum Gasteiger partial charge on any atom is -0.481 e. The Labute approximate surface area is 123 Å². The number of carboxylic acid groups (broad SMARTS) is 1. The van der Waals surface area contributed by atoms with Crippen LogP contribution in [0.15, 0.2) is 0 Å². The van der Waals surface area contributed by atoms with Gasteiger partial charge in [0, 0.05) is 23.4 Å². The van der Waals surface area contributed by atoms with E-state index in [0.29, 0.717) is 16.7 Å². The predicted molar refractivity (Wildman–Crippen MR) is 92.7 cm³/mol. The lowest BCUT2D eigenvalue weighted by Gasteiger charge is -2.59. The average Bonchev–Trinajstić information content (AvgIpc) is 2.12. The summed E-state index contributed by atoms with van der Waals surface area (Å²) < 4.78 is 6.63. The molecule has 1 rings (SSSR count). The van der Waals surface area contributed by atoms with E-state index in [0.717, 1.165) is 6.04 Å². The maximum Gasteiger partial charge on any atom is 0.302 e. The zero-order chi connectivity index (χ0) is 15.3. The molecule has 0 aliphatic carbocycles. The van der Waals surface area contributed by atoms with Crippen molar-refractivity contribution in [2.75, 3.05) is 0 Å². The van der Waals surface area contributed by atoms with Crippen LogP contribution >= 0.6 is 0 Å². The molecule has 0 amide bonds. The molecule has 112 valence electrons. The summed E-state index contributed by atoms with van der Waals surface area (Å²) in [4.78, 5) is 11.2. The molecule has 1 fully saturated rings. The molecule has 1 saturated heterocycles. The van der Waals surface area contributed by atoms with Gasteiger partial charge in [-0.1, -0.05) is 26.2 Å². The number of carbonyl (C=O) groups is 1. The summed E-state index contributed by atoms with van der Waals surface area (Å²) in [7, 11) is -3.54. The van der Waals surface area contributed by atoms with E-state index >= 15 is 0 Å². The number of hydrogen-bond acceptors (Lipinski definition) is 2. The number of carboxylic acids is 1. The molecular weight excluding hydrogens is 304 g/mol. The van der Waals surface area contributed by atoms with Crippen LogP contribution in [0.5, 0.6) is 0 Å². The first kappa shape index (κ1) is 17.3. The van der Waals surface area contributed by atoms with Crippen LogP contribution in [0.2, 0.25) is 50.9 Å². The molecule has 3 nitrogen and oxygen atoms in total.